The first-order chi connectivity index (χ1) is 14.2. The third-order valence-corrected chi connectivity index (χ3v) is 5.16. The average molecular weight is 449 g/mol. The molecular weight excluding hydrogens is 428 g/mol. The maximum atomic E-state index is 5.90. The minimum atomic E-state index is 0.529. The molecule has 0 fully saturated rings. The molecule has 4 aromatic rings. The number of halogens is 1. The summed E-state index contributed by atoms with van der Waals surface area (Å²) in [5, 5.41) is 4.36. The number of nitrogens with one attached hydrogen (secondary N) is 1. The van der Waals surface area contributed by atoms with Gasteiger partial charge in [0.1, 0.15) is 12.4 Å². The molecule has 5 nitrogen and oxygen atoms in total. The van der Waals surface area contributed by atoms with Crippen LogP contribution in [0.3, 0.4) is 0 Å². The quantitative estimate of drug-likeness (QED) is 0.285. The lowest BCUT2D eigenvalue weighted by molar-refractivity contribution is 0.304. The van der Waals surface area contributed by atoms with Crippen LogP contribution in [0.2, 0.25) is 0 Å². The van der Waals surface area contributed by atoms with Gasteiger partial charge in [-0.25, -0.2) is 10.4 Å². The summed E-state index contributed by atoms with van der Waals surface area (Å²) < 4.78 is 8.88. The van der Waals surface area contributed by atoms with Crippen LogP contribution in [0.15, 0.2) is 82.4 Å². The molecule has 0 spiro atoms. The number of nitrogens with zero attached hydrogens (tertiary/aromatic N) is 3. The van der Waals surface area contributed by atoms with Gasteiger partial charge in [-0.15, -0.1) is 0 Å². The predicted octanol–water partition coefficient (Wildman–Crippen LogP) is 5.84. The lowest BCUT2D eigenvalue weighted by atomic mass is 10.2. The van der Waals surface area contributed by atoms with Crippen molar-refractivity contribution in [1.29, 1.82) is 0 Å². The molecule has 0 aliphatic heterocycles. The number of para-hydroxylation sites is 2. The molecule has 0 aliphatic rings. The van der Waals surface area contributed by atoms with Crippen LogP contribution in [0, 0.1) is 0 Å². The summed E-state index contributed by atoms with van der Waals surface area (Å²) in [7, 11) is 0. The van der Waals surface area contributed by atoms with E-state index in [-0.39, 0.29) is 0 Å². The van der Waals surface area contributed by atoms with Gasteiger partial charge in [-0.3, -0.25) is 0 Å². The number of aromatic nitrogens is 2. The van der Waals surface area contributed by atoms with Crippen molar-refractivity contribution in [2.75, 3.05) is 5.43 Å². The highest BCUT2D eigenvalue weighted by Gasteiger charge is 2.08. The summed E-state index contributed by atoms with van der Waals surface area (Å²) in [6.45, 7) is 3.44. The van der Waals surface area contributed by atoms with Gasteiger partial charge in [0.2, 0.25) is 5.95 Å². The van der Waals surface area contributed by atoms with Crippen molar-refractivity contribution in [3.05, 3.63) is 88.4 Å². The number of imidazole rings is 1. The SMILES string of the molecule is CCn1c(N/N=C\c2ccc(OCc3ccccc3)c(Br)c2)nc2ccccc21. The van der Waals surface area contributed by atoms with Gasteiger partial charge >= 0.3 is 0 Å². The number of hydrogen-bond acceptors (Lipinski definition) is 4. The van der Waals surface area contributed by atoms with Gasteiger partial charge < -0.3 is 9.30 Å². The molecule has 1 heterocycles. The smallest absolute Gasteiger partial charge is 0.224 e. The van der Waals surface area contributed by atoms with Crippen LogP contribution in [0.25, 0.3) is 11.0 Å². The lowest BCUT2D eigenvalue weighted by Gasteiger charge is -2.09. The minimum absolute atomic E-state index is 0.529. The number of aryl methyl sites for hydroxylation is 1. The zero-order valence-electron chi connectivity index (χ0n) is 16.0. The molecular formula is C23H21BrN4O. The molecule has 29 heavy (non-hydrogen) atoms. The standard InChI is InChI=1S/C23H21BrN4O/c1-2-28-21-11-7-6-10-20(21)26-23(28)27-25-15-18-12-13-22(19(24)14-18)29-16-17-8-4-3-5-9-17/h3-15H,2,16H2,1H3,(H,26,27)/b25-15-. The normalized spacial score (nSPS) is 11.2. The van der Waals surface area contributed by atoms with Crippen LogP contribution >= 0.6 is 15.9 Å². The summed E-state index contributed by atoms with van der Waals surface area (Å²) in [6.07, 6.45) is 1.77. The Kier molecular flexibility index (Phi) is 5.91. The Morgan fingerprint density at radius 1 is 1.07 bits per heavy atom. The molecule has 0 unspecified atom stereocenters. The van der Waals surface area contributed by atoms with Crippen LogP contribution in [0.1, 0.15) is 18.1 Å². The third kappa shape index (κ3) is 4.49. The molecule has 0 aliphatic carbocycles. The van der Waals surface area contributed by atoms with Gasteiger partial charge in [0, 0.05) is 6.54 Å². The molecule has 1 N–H and O–H groups in total. The number of fused-ring (bicyclic) bond motifs is 1. The highest BCUT2D eigenvalue weighted by Crippen LogP contribution is 2.26. The summed E-state index contributed by atoms with van der Waals surface area (Å²) in [5.41, 5.74) is 7.19. The summed E-state index contributed by atoms with van der Waals surface area (Å²) in [4.78, 5) is 4.61. The molecule has 1 aromatic heterocycles. The molecule has 3 aromatic carbocycles. The predicted molar refractivity (Wildman–Crippen MR) is 122 cm³/mol. The van der Waals surface area contributed by atoms with E-state index in [4.69, 9.17) is 4.74 Å². The van der Waals surface area contributed by atoms with Crippen LogP contribution in [-0.4, -0.2) is 15.8 Å². The second-order valence-corrected chi connectivity index (χ2v) is 7.36. The van der Waals surface area contributed by atoms with E-state index in [1.54, 1.807) is 6.21 Å². The molecule has 6 heteroatoms. The van der Waals surface area contributed by atoms with E-state index >= 15 is 0 Å². The van der Waals surface area contributed by atoms with E-state index < -0.39 is 0 Å². The van der Waals surface area contributed by atoms with E-state index in [2.05, 4.69) is 49.0 Å². The molecule has 0 amide bonds. The maximum absolute atomic E-state index is 5.90. The Labute approximate surface area is 178 Å². The largest absolute Gasteiger partial charge is 0.488 e. The number of benzene rings is 3. The molecule has 146 valence electrons. The third-order valence-electron chi connectivity index (χ3n) is 4.54. The second kappa shape index (κ2) is 8.92. The molecule has 0 atom stereocenters. The van der Waals surface area contributed by atoms with Crippen molar-refractivity contribution in [2.24, 2.45) is 5.10 Å². The first-order valence-electron chi connectivity index (χ1n) is 9.45. The zero-order chi connectivity index (χ0) is 20.1. The first kappa shape index (κ1) is 19.2. The fourth-order valence-corrected chi connectivity index (χ4v) is 3.61. The number of anilines is 1. The van der Waals surface area contributed by atoms with E-state index in [0.29, 0.717) is 6.61 Å². The summed E-state index contributed by atoms with van der Waals surface area (Å²) in [6, 6.07) is 24.1. The minimum Gasteiger partial charge on any atom is -0.488 e. The van der Waals surface area contributed by atoms with Crippen molar-refractivity contribution < 1.29 is 4.74 Å². The average Bonchev–Trinajstić information content (AvgIpc) is 3.11. The number of rotatable bonds is 7. The van der Waals surface area contributed by atoms with Crippen LogP contribution < -0.4 is 10.2 Å². The van der Waals surface area contributed by atoms with Crippen molar-refractivity contribution in [3.63, 3.8) is 0 Å². The van der Waals surface area contributed by atoms with Crippen LogP contribution in [0.5, 0.6) is 5.75 Å². The Bertz CT molecular complexity index is 1140. The topological polar surface area (TPSA) is 51.4 Å². The van der Waals surface area contributed by atoms with Gasteiger partial charge in [0.05, 0.1) is 21.7 Å². The Hall–Kier alpha value is -3.12. The maximum Gasteiger partial charge on any atom is 0.224 e. The van der Waals surface area contributed by atoms with Crippen LogP contribution in [0.4, 0.5) is 5.95 Å². The fourth-order valence-electron chi connectivity index (χ4n) is 3.10. The molecule has 4 rings (SSSR count). The molecule has 0 saturated carbocycles. The van der Waals surface area contributed by atoms with Gasteiger partial charge in [0.15, 0.2) is 0 Å². The molecule has 0 radical (unpaired) electrons. The number of ether oxygens (including phenoxy) is 1. The Morgan fingerprint density at radius 3 is 2.66 bits per heavy atom. The van der Waals surface area contributed by atoms with E-state index in [9.17, 15) is 0 Å². The second-order valence-electron chi connectivity index (χ2n) is 6.50. The van der Waals surface area contributed by atoms with Gasteiger partial charge in [-0.2, -0.15) is 5.10 Å². The van der Waals surface area contributed by atoms with Gasteiger partial charge in [0.25, 0.3) is 0 Å². The van der Waals surface area contributed by atoms with Crippen molar-refractivity contribution in [2.45, 2.75) is 20.1 Å². The number of hydrazone groups is 1. The van der Waals surface area contributed by atoms with Crippen molar-refractivity contribution >= 4 is 39.1 Å². The molecule has 0 bridgehead atoms. The Balaban J connectivity index is 1.43. The Morgan fingerprint density at radius 2 is 1.86 bits per heavy atom. The fraction of sp³-hybridized carbons (Fsp3) is 0.130. The lowest BCUT2D eigenvalue weighted by Crippen LogP contribution is -2.02. The van der Waals surface area contributed by atoms with Gasteiger partial charge in [-0.05, 0) is 64.3 Å². The van der Waals surface area contributed by atoms with E-state index in [1.165, 1.54) is 0 Å². The molecule has 0 saturated heterocycles. The van der Waals surface area contributed by atoms with Crippen LogP contribution in [-0.2, 0) is 13.2 Å². The van der Waals surface area contributed by atoms with Crippen molar-refractivity contribution in [1.82, 2.24) is 9.55 Å². The zero-order valence-corrected chi connectivity index (χ0v) is 17.6. The number of hydrogen-bond donors (Lipinski definition) is 1. The highest BCUT2D eigenvalue weighted by molar-refractivity contribution is 9.10. The summed E-state index contributed by atoms with van der Waals surface area (Å²) >= 11 is 3.58. The van der Waals surface area contributed by atoms with E-state index in [1.807, 2.05) is 66.7 Å². The monoisotopic (exact) mass is 448 g/mol. The van der Waals surface area contributed by atoms with Gasteiger partial charge in [-0.1, -0.05) is 42.5 Å². The van der Waals surface area contributed by atoms with E-state index in [0.717, 1.165) is 44.9 Å². The highest BCUT2D eigenvalue weighted by atomic mass is 79.9. The van der Waals surface area contributed by atoms with Crippen molar-refractivity contribution in [3.8, 4) is 5.75 Å². The summed E-state index contributed by atoms with van der Waals surface area (Å²) in [5.74, 6) is 1.53. The first-order valence-corrected chi connectivity index (χ1v) is 10.2.